The number of rotatable bonds is 3. The lowest BCUT2D eigenvalue weighted by Crippen LogP contribution is -2.02. The van der Waals surface area contributed by atoms with Gasteiger partial charge >= 0.3 is 5.95 Å². The minimum atomic E-state index is -0.641. The largest absolute Gasteiger partial charge is 0.490 e. The Morgan fingerprint density at radius 2 is 2.31 bits per heavy atom. The molecular weight excluding hydrogens is 212 g/mol. The van der Waals surface area contributed by atoms with E-state index < -0.39 is 10.9 Å². The van der Waals surface area contributed by atoms with Crippen LogP contribution in [0, 0.1) is 10.1 Å². The molecule has 0 aliphatic rings. The van der Waals surface area contributed by atoms with Gasteiger partial charge in [-0.1, -0.05) is 4.98 Å². The Bertz CT molecular complexity index is 523. The first-order valence-electron chi connectivity index (χ1n) is 4.39. The maximum absolute atomic E-state index is 10.4. The third kappa shape index (κ3) is 2.11. The van der Waals surface area contributed by atoms with E-state index in [1.54, 1.807) is 18.3 Å². The van der Waals surface area contributed by atoms with E-state index in [2.05, 4.69) is 15.1 Å². The second-order valence-electron chi connectivity index (χ2n) is 3.09. The van der Waals surface area contributed by atoms with Gasteiger partial charge in [-0.25, -0.2) is 4.98 Å². The highest BCUT2D eigenvalue weighted by Gasteiger charge is 2.12. The molecule has 2 heterocycles. The molecule has 2 aromatic heterocycles. The van der Waals surface area contributed by atoms with Crippen LogP contribution in [0.5, 0.6) is 0 Å². The van der Waals surface area contributed by atoms with E-state index >= 15 is 0 Å². The number of hydrogen-bond donors (Lipinski definition) is 1. The van der Waals surface area contributed by atoms with Gasteiger partial charge < -0.3 is 15.8 Å². The standard InChI is InChI=1S/C8H8N6O2/c9-7-3-6(1-2-10-7)4-13-5-11-8(12-13)14(15)16/h1-3,5H,4H2,(H2,9,10). The van der Waals surface area contributed by atoms with Crippen molar-refractivity contribution in [3.63, 3.8) is 0 Å². The van der Waals surface area contributed by atoms with Gasteiger partial charge in [-0.3, -0.25) is 0 Å². The molecule has 0 aliphatic heterocycles. The maximum atomic E-state index is 10.4. The summed E-state index contributed by atoms with van der Waals surface area (Å²) in [5, 5.41) is 14.0. The summed E-state index contributed by atoms with van der Waals surface area (Å²) in [4.78, 5) is 17.1. The highest BCUT2D eigenvalue weighted by atomic mass is 16.6. The lowest BCUT2D eigenvalue weighted by atomic mass is 10.2. The monoisotopic (exact) mass is 220 g/mol. The molecule has 8 nitrogen and oxygen atoms in total. The predicted octanol–water partition coefficient (Wildman–Crippen LogP) is 0.212. The number of aromatic nitrogens is 4. The number of nitrogens with two attached hydrogens (primary N) is 1. The molecule has 0 fully saturated rings. The fraction of sp³-hybridized carbons (Fsp3) is 0.125. The summed E-state index contributed by atoms with van der Waals surface area (Å²) in [6.45, 7) is 0.369. The van der Waals surface area contributed by atoms with Crippen LogP contribution in [0.3, 0.4) is 0 Å². The van der Waals surface area contributed by atoms with Crippen molar-refractivity contribution in [1.82, 2.24) is 19.7 Å². The van der Waals surface area contributed by atoms with E-state index in [9.17, 15) is 10.1 Å². The first kappa shape index (κ1) is 10.0. The van der Waals surface area contributed by atoms with Crippen LogP contribution in [0.15, 0.2) is 24.7 Å². The molecule has 2 rings (SSSR count). The van der Waals surface area contributed by atoms with E-state index in [-0.39, 0.29) is 0 Å². The highest BCUT2D eigenvalue weighted by molar-refractivity contribution is 5.31. The second kappa shape index (κ2) is 3.93. The van der Waals surface area contributed by atoms with Crippen LogP contribution >= 0.6 is 0 Å². The summed E-state index contributed by atoms with van der Waals surface area (Å²) in [7, 11) is 0. The van der Waals surface area contributed by atoms with E-state index in [4.69, 9.17) is 5.73 Å². The predicted molar refractivity (Wildman–Crippen MR) is 54.4 cm³/mol. The molecule has 0 bridgehead atoms. The van der Waals surface area contributed by atoms with Gasteiger partial charge in [0.2, 0.25) is 6.33 Å². The molecule has 2 N–H and O–H groups in total. The summed E-state index contributed by atoms with van der Waals surface area (Å²) in [6.07, 6.45) is 2.87. The minimum absolute atomic E-state index is 0.369. The Kier molecular flexibility index (Phi) is 2.46. The molecule has 0 saturated heterocycles. The molecule has 8 heteroatoms. The van der Waals surface area contributed by atoms with Gasteiger partial charge in [0.05, 0.1) is 6.54 Å². The summed E-state index contributed by atoms with van der Waals surface area (Å²) in [6, 6.07) is 3.43. The van der Waals surface area contributed by atoms with E-state index in [1.165, 1.54) is 11.0 Å². The van der Waals surface area contributed by atoms with Gasteiger partial charge in [0.1, 0.15) is 5.82 Å². The molecule has 0 aromatic carbocycles. The zero-order valence-corrected chi connectivity index (χ0v) is 8.15. The molecule has 0 aliphatic carbocycles. The molecule has 16 heavy (non-hydrogen) atoms. The van der Waals surface area contributed by atoms with Gasteiger partial charge in [-0.05, 0) is 22.6 Å². The van der Waals surface area contributed by atoms with Crippen LogP contribution in [-0.2, 0) is 6.54 Å². The molecule has 0 atom stereocenters. The highest BCUT2D eigenvalue weighted by Crippen LogP contribution is 2.06. The summed E-state index contributed by atoms with van der Waals surface area (Å²) < 4.78 is 1.37. The van der Waals surface area contributed by atoms with Gasteiger partial charge in [0.25, 0.3) is 0 Å². The van der Waals surface area contributed by atoms with Crippen LogP contribution in [0.1, 0.15) is 5.56 Å². The Hall–Kier alpha value is -2.51. The number of hydrogen-bond acceptors (Lipinski definition) is 6. The van der Waals surface area contributed by atoms with Gasteiger partial charge in [0, 0.05) is 11.3 Å². The molecule has 2 aromatic rings. The van der Waals surface area contributed by atoms with E-state index in [0.29, 0.717) is 12.4 Å². The lowest BCUT2D eigenvalue weighted by molar-refractivity contribution is -0.394. The van der Waals surface area contributed by atoms with Crippen molar-refractivity contribution in [2.24, 2.45) is 0 Å². The van der Waals surface area contributed by atoms with Crippen molar-refractivity contribution in [2.45, 2.75) is 6.54 Å². The molecular formula is C8H8N6O2. The Balaban J connectivity index is 2.17. The number of pyridine rings is 1. The molecule has 0 saturated carbocycles. The van der Waals surface area contributed by atoms with Crippen molar-refractivity contribution in [3.05, 3.63) is 40.3 Å². The van der Waals surface area contributed by atoms with Crippen LogP contribution in [0.25, 0.3) is 0 Å². The molecule has 0 radical (unpaired) electrons. The number of nitro groups is 1. The van der Waals surface area contributed by atoms with Gasteiger partial charge in [0.15, 0.2) is 0 Å². The average molecular weight is 220 g/mol. The Morgan fingerprint density at radius 3 is 2.94 bits per heavy atom. The number of nitrogens with zero attached hydrogens (tertiary/aromatic N) is 5. The quantitative estimate of drug-likeness (QED) is 0.584. The Morgan fingerprint density at radius 1 is 1.50 bits per heavy atom. The lowest BCUT2D eigenvalue weighted by Gasteiger charge is -1.98. The summed E-state index contributed by atoms with van der Waals surface area (Å²) in [5.74, 6) is -0.0193. The normalized spacial score (nSPS) is 10.2. The van der Waals surface area contributed by atoms with Crippen molar-refractivity contribution in [1.29, 1.82) is 0 Å². The average Bonchev–Trinajstić information content (AvgIpc) is 2.66. The first-order valence-corrected chi connectivity index (χ1v) is 4.39. The smallest absolute Gasteiger partial charge is 0.390 e. The fourth-order valence-corrected chi connectivity index (χ4v) is 1.22. The Labute approximate surface area is 89.9 Å². The third-order valence-electron chi connectivity index (χ3n) is 1.88. The van der Waals surface area contributed by atoms with Crippen LogP contribution in [0.2, 0.25) is 0 Å². The van der Waals surface area contributed by atoms with E-state index in [1.807, 2.05) is 0 Å². The number of nitrogen functional groups attached to an aromatic ring is 1. The van der Waals surface area contributed by atoms with E-state index in [0.717, 1.165) is 5.56 Å². The maximum Gasteiger partial charge on any atom is 0.490 e. The molecule has 0 amide bonds. The topological polar surface area (TPSA) is 113 Å². The molecule has 0 unspecified atom stereocenters. The summed E-state index contributed by atoms with van der Waals surface area (Å²) in [5.41, 5.74) is 6.36. The van der Waals surface area contributed by atoms with Crippen molar-refractivity contribution in [3.8, 4) is 0 Å². The third-order valence-corrected chi connectivity index (χ3v) is 1.88. The van der Waals surface area contributed by atoms with Crippen LogP contribution < -0.4 is 5.73 Å². The zero-order chi connectivity index (χ0) is 11.5. The van der Waals surface area contributed by atoms with Crippen molar-refractivity contribution in [2.75, 3.05) is 5.73 Å². The minimum Gasteiger partial charge on any atom is -0.390 e. The van der Waals surface area contributed by atoms with Crippen LogP contribution in [0.4, 0.5) is 11.8 Å². The molecule has 82 valence electrons. The van der Waals surface area contributed by atoms with Crippen LogP contribution in [-0.4, -0.2) is 24.7 Å². The summed E-state index contributed by atoms with van der Waals surface area (Å²) >= 11 is 0. The first-order chi connectivity index (χ1) is 7.65. The van der Waals surface area contributed by atoms with Crippen molar-refractivity contribution >= 4 is 11.8 Å². The molecule has 0 spiro atoms. The second-order valence-corrected chi connectivity index (χ2v) is 3.09. The fourth-order valence-electron chi connectivity index (χ4n) is 1.22. The van der Waals surface area contributed by atoms with Gasteiger partial charge in [-0.15, -0.1) is 0 Å². The zero-order valence-electron chi connectivity index (χ0n) is 8.15. The van der Waals surface area contributed by atoms with Gasteiger partial charge in [-0.2, -0.15) is 4.68 Å². The SMILES string of the molecule is Nc1cc(Cn2cnc([N+](=O)[O-])n2)ccn1. The number of anilines is 1. The van der Waals surface area contributed by atoms with Crippen molar-refractivity contribution < 1.29 is 4.92 Å².